The van der Waals surface area contributed by atoms with Crippen molar-refractivity contribution >= 4 is 11.7 Å². The summed E-state index contributed by atoms with van der Waals surface area (Å²) >= 11 is 0. The summed E-state index contributed by atoms with van der Waals surface area (Å²) in [6.07, 6.45) is 2.88. The lowest BCUT2D eigenvalue weighted by atomic mass is 9.73. The Bertz CT molecular complexity index is 1110. The number of carbonyl (C=O) groups excluding carboxylic acids is 1. The number of nitrogens with one attached hydrogen (secondary N) is 1. The topological polar surface area (TPSA) is 69.0 Å². The Hall–Kier alpha value is -3.41. The fourth-order valence-electron chi connectivity index (χ4n) is 4.34. The van der Waals surface area contributed by atoms with Crippen LogP contribution in [-0.2, 0) is 11.4 Å². The molecule has 0 amide bonds. The largest absolute Gasteiger partial charge is 0.489 e. The van der Waals surface area contributed by atoms with Crippen molar-refractivity contribution in [2.24, 2.45) is 5.41 Å². The van der Waals surface area contributed by atoms with E-state index >= 15 is 0 Å². The van der Waals surface area contributed by atoms with Crippen LogP contribution in [0.4, 0.5) is 5.95 Å². The Morgan fingerprint density at radius 1 is 1.10 bits per heavy atom. The van der Waals surface area contributed by atoms with Crippen LogP contribution in [0, 0.1) is 5.41 Å². The number of benzene rings is 2. The summed E-state index contributed by atoms with van der Waals surface area (Å²) in [6, 6.07) is 17.7. The minimum atomic E-state index is -0.273. The van der Waals surface area contributed by atoms with Gasteiger partial charge in [0.1, 0.15) is 24.7 Å². The number of nitrogens with zero attached hydrogens (tertiary/aromatic N) is 3. The van der Waals surface area contributed by atoms with Gasteiger partial charge in [-0.05, 0) is 35.1 Å². The first-order valence-corrected chi connectivity index (χ1v) is 10.2. The maximum atomic E-state index is 13.1. The number of hydrogen-bond donors (Lipinski definition) is 1. The van der Waals surface area contributed by atoms with Crippen LogP contribution >= 0.6 is 0 Å². The van der Waals surface area contributed by atoms with Crippen molar-refractivity contribution in [2.45, 2.75) is 39.3 Å². The monoisotopic (exact) mass is 400 g/mol. The number of rotatable bonds is 4. The first kappa shape index (κ1) is 18.6. The first-order valence-electron chi connectivity index (χ1n) is 10.2. The standard InChI is InChI=1S/C24H24N4O2/c1-24(2)12-19-21(20(29)13-24)22(28-23(27-19)25-15-26-28)17-8-10-18(11-9-17)30-14-16-6-4-3-5-7-16/h3-11,15,22H,12-14H2,1-2H3,(H,25,26,27). The van der Waals surface area contributed by atoms with E-state index in [2.05, 4.69) is 29.2 Å². The van der Waals surface area contributed by atoms with E-state index in [4.69, 9.17) is 4.74 Å². The Balaban J connectivity index is 1.45. The molecule has 2 aliphatic rings. The fourth-order valence-corrected chi connectivity index (χ4v) is 4.34. The molecular weight excluding hydrogens is 376 g/mol. The van der Waals surface area contributed by atoms with E-state index in [1.54, 1.807) is 4.68 Å². The molecule has 1 N–H and O–H groups in total. The van der Waals surface area contributed by atoms with Crippen LogP contribution in [0.25, 0.3) is 0 Å². The van der Waals surface area contributed by atoms with Gasteiger partial charge in [-0.25, -0.2) is 4.68 Å². The molecule has 5 rings (SSSR count). The molecule has 1 unspecified atom stereocenters. The average Bonchev–Trinajstić information content (AvgIpc) is 3.19. The number of ether oxygens (including phenoxy) is 1. The zero-order valence-corrected chi connectivity index (χ0v) is 17.1. The molecule has 0 saturated heterocycles. The average molecular weight is 400 g/mol. The van der Waals surface area contributed by atoms with Crippen molar-refractivity contribution in [1.29, 1.82) is 0 Å². The van der Waals surface area contributed by atoms with E-state index in [1.807, 2.05) is 54.6 Å². The molecule has 30 heavy (non-hydrogen) atoms. The number of allylic oxidation sites excluding steroid dienone is 2. The smallest absolute Gasteiger partial charge is 0.226 e. The molecule has 0 bridgehead atoms. The quantitative estimate of drug-likeness (QED) is 0.698. The summed E-state index contributed by atoms with van der Waals surface area (Å²) in [7, 11) is 0. The number of anilines is 1. The lowest BCUT2D eigenvalue weighted by Gasteiger charge is -2.38. The zero-order valence-electron chi connectivity index (χ0n) is 17.1. The highest BCUT2D eigenvalue weighted by Crippen LogP contribution is 2.45. The second-order valence-electron chi connectivity index (χ2n) is 8.73. The van der Waals surface area contributed by atoms with Crippen LogP contribution < -0.4 is 10.1 Å². The SMILES string of the molecule is CC1(C)CC(=O)C2=C(C1)Nc1ncnn1C2c1ccc(OCc2ccccc2)cc1. The van der Waals surface area contributed by atoms with Crippen LogP contribution in [0.5, 0.6) is 5.75 Å². The maximum absolute atomic E-state index is 13.1. The number of carbonyl (C=O) groups is 1. The van der Waals surface area contributed by atoms with E-state index in [9.17, 15) is 4.79 Å². The fraction of sp³-hybridized carbons (Fsp3) is 0.292. The minimum absolute atomic E-state index is 0.0647. The van der Waals surface area contributed by atoms with Crippen molar-refractivity contribution in [2.75, 3.05) is 5.32 Å². The molecule has 0 spiro atoms. The van der Waals surface area contributed by atoms with Crippen molar-refractivity contribution in [3.63, 3.8) is 0 Å². The van der Waals surface area contributed by atoms with Crippen LogP contribution in [0.1, 0.15) is 43.9 Å². The first-order chi connectivity index (χ1) is 14.5. The third kappa shape index (κ3) is 3.38. The van der Waals surface area contributed by atoms with Crippen LogP contribution in [0.15, 0.2) is 72.2 Å². The van der Waals surface area contributed by atoms with E-state index in [0.29, 0.717) is 19.0 Å². The number of fused-ring (bicyclic) bond motifs is 1. The van der Waals surface area contributed by atoms with Gasteiger partial charge in [-0.15, -0.1) is 0 Å². The zero-order chi connectivity index (χ0) is 20.7. The predicted molar refractivity (Wildman–Crippen MR) is 114 cm³/mol. The molecule has 1 aliphatic heterocycles. The van der Waals surface area contributed by atoms with Gasteiger partial charge in [0.2, 0.25) is 5.95 Å². The second-order valence-corrected chi connectivity index (χ2v) is 8.73. The molecule has 0 fully saturated rings. The normalized spacial score (nSPS) is 19.7. The summed E-state index contributed by atoms with van der Waals surface area (Å²) in [4.78, 5) is 17.4. The lowest BCUT2D eigenvalue weighted by Crippen LogP contribution is -2.36. The molecule has 152 valence electrons. The molecule has 2 aromatic carbocycles. The van der Waals surface area contributed by atoms with E-state index in [1.165, 1.54) is 6.33 Å². The van der Waals surface area contributed by atoms with Gasteiger partial charge in [0.05, 0.1) is 0 Å². The Morgan fingerprint density at radius 2 is 1.87 bits per heavy atom. The van der Waals surface area contributed by atoms with Crippen molar-refractivity contribution in [1.82, 2.24) is 14.8 Å². The van der Waals surface area contributed by atoms with Crippen LogP contribution in [0.2, 0.25) is 0 Å². The highest BCUT2D eigenvalue weighted by atomic mass is 16.5. The number of hydrogen-bond acceptors (Lipinski definition) is 5. The third-order valence-corrected chi connectivity index (χ3v) is 5.72. The van der Waals surface area contributed by atoms with Gasteiger partial charge >= 0.3 is 0 Å². The molecule has 6 nitrogen and oxygen atoms in total. The minimum Gasteiger partial charge on any atom is -0.489 e. The second kappa shape index (κ2) is 7.13. The molecule has 3 aromatic rings. The molecule has 0 saturated carbocycles. The van der Waals surface area contributed by atoms with Gasteiger partial charge in [-0.1, -0.05) is 56.3 Å². The lowest BCUT2D eigenvalue weighted by molar-refractivity contribution is -0.118. The molecule has 2 heterocycles. The molecular formula is C24H24N4O2. The van der Waals surface area contributed by atoms with Gasteiger partial charge in [0.25, 0.3) is 0 Å². The highest BCUT2D eigenvalue weighted by Gasteiger charge is 2.41. The maximum Gasteiger partial charge on any atom is 0.226 e. The highest BCUT2D eigenvalue weighted by molar-refractivity contribution is 6.00. The Morgan fingerprint density at radius 3 is 2.63 bits per heavy atom. The molecule has 0 radical (unpaired) electrons. The van der Waals surface area contributed by atoms with Crippen molar-refractivity contribution < 1.29 is 9.53 Å². The van der Waals surface area contributed by atoms with Gasteiger partial charge in [-0.2, -0.15) is 10.1 Å². The number of ketones is 1. The van der Waals surface area contributed by atoms with Crippen LogP contribution in [0.3, 0.4) is 0 Å². The van der Waals surface area contributed by atoms with Gasteiger partial charge in [-0.3, -0.25) is 4.79 Å². The summed E-state index contributed by atoms with van der Waals surface area (Å²) in [6.45, 7) is 4.77. The summed E-state index contributed by atoms with van der Waals surface area (Å²) in [5, 5.41) is 7.74. The van der Waals surface area contributed by atoms with Gasteiger partial charge in [0.15, 0.2) is 5.78 Å². The van der Waals surface area contributed by atoms with Gasteiger partial charge in [0, 0.05) is 17.7 Å². The van der Waals surface area contributed by atoms with E-state index in [0.717, 1.165) is 34.6 Å². The van der Waals surface area contributed by atoms with Crippen molar-refractivity contribution in [3.05, 3.63) is 83.3 Å². The number of Topliss-reactive ketones (excluding diaryl/α,β-unsaturated/α-hetero) is 1. The Kier molecular flexibility index (Phi) is 4.42. The van der Waals surface area contributed by atoms with E-state index < -0.39 is 0 Å². The van der Waals surface area contributed by atoms with E-state index in [-0.39, 0.29) is 17.2 Å². The van der Waals surface area contributed by atoms with Gasteiger partial charge < -0.3 is 10.1 Å². The van der Waals surface area contributed by atoms with Crippen molar-refractivity contribution in [3.8, 4) is 5.75 Å². The Labute approximate surface area is 175 Å². The summed E-state index contributed by atoms with van der Waals surface area (Å²) in [5.41, 5.74) is 3.81. The summed E-state index contributed by atoms with van der Waals surface area (Å²) < 4.78 is 7.72. The molecule has 1 atom stereocenters. The molecule has 6 heteroatoms. The predicted octanol–water partition coefficient (Wildman–Crippen LogP) is 4.52. The third-order valence-electron chi connectivity index (χ3n) is 5.72. The summed E-state index contributed by atoms with van der Waals surface area (Å²) in [5.74, 6) is 1.64. The van der Waals surface area contributed by atoms with Crippen LogP contribution in [-0.4, -0.2) is 20.5 Å². The molecule has 1 aliphatic carbocycles. The number of aromatic nitrogens is 3. The molecule has 1 aromatic heterocycles.